The molecule has 0 spiro atoms. The van der Waals surface area contributed by atoms with Crippen molar-refractivity contribution in [2.24, 2.45) is 0 Å². The number of fused-ring (bicyclic) bond motifs is 1. The molecule has 0 bridgehead atoms. The van der Waals surface area contributed by atoms with E-state index in [9.17, 15) is 9.59 Å². The van der Waals surface area contributed by atoms with Crippen molar-refractivity contribution >= 4 is 40.2 Å². The fraction of sp³-hybridized carbons (Fsp3) is 0.304. The minimum atomic E-state index is -0.456. The molecule has 30 heavy (non-hydrogen) atoms. The third-order valence-electron chi connectivity index (χ3n) is 5.40. The first-order valence-electron chi connectivity index (χ1n) is 9.98. The first-order valence-corrected chi connectivity index (χ1v) is 10.4. The summed E-state index contributed by atoms with van der Waals surface area (Å²) in [6.45, 7) is 2.92. The number of rotatable bonds is 4. The molecule has 4 rings (SSSR count). The van der Waals surface area contributed by atoms with Crippen LogP contribution in [0.3, 0.4) is 0 Å². The number of benzene rings is 2. The van der Waals surface area contributed by atoms with Crippen molar-refractivity contribution in [2.75, 3.05) is 18.9 Å². The molecule has 3 aromatic rings. The molecule has 1 aliphatic rings. The molecule has 1 N–H and O–H groups in total. The summed E-state index contributed by atoms with van der Waals surface area (Å²) in [7, 11) is 1.76. The molecule has 2 heterocycles. The zero-order chi connectivity index (χ0) is 21.3. The molecule has 2 aromatic carbocycles. The highest BCUT2D eigenvalue weighted by Crippen LogP contribution is 2.25. The second-order valence-corrected chi connectivity index (χ2v) is 8.15. The molecule has 0 unspecified atom stereocenters. The Morgan fingerprint density at radius 1 is 1.20 bits per heavy atom. The lowest BCUT2D eigenvalue weighted by molar-refractivity contribution is -0.134. The number of nitrogens with one attached hydrogen (secondary N) is 1. The average Bonchev–Trinajstić information content (AvgIpc) is 3.34. The van der Waals surface area contributed by atoms with E-state index in [2.05, 4.69) is 5.32 Å². The summed E-state index contributed by atoms with van der Waals surface area (Å²) < 4.78 is 5.58. The number of aryl methyl sites for hydroxylation is 1. The van der Waals surface area contributed by atoms with Crippen LogP contribution >= 0.6 is 11.6 Å². The highest BCUT2D eigenvalue weighted by molar-refractivity contribution is 6.30. The van der Waals surface area contributed by atoms with Gasteiger partial charge in [-0.15, -0.1) is 0 Å². The van der Waals surface area contributed by atoms with E-state index in [1.165, 1.54) is 0 Å². The number of likely N-dealkylation sites (tertiary alicyclic amines) is 1. The number of furan rings is 1. The predicted molar refractivity (Wildman–Crippen MR) is 118 cm³/mol. The highest BCUT2D eigenvalue weighted by atomic mass is 35.5. The van der Waals surface area contributed by atoms with Gasteiger partial charge in [-0.05, 0) is 61.7 Å². The van der Waals surface area contributed by atoms with Crippen molar-refractivity contribution in [3.05, 3.63) is 64.9 Å². The Bertz CT molecular complexity index is 1080. The van der Waals surface area contributed by atoms with E-state index < -0.39 is 6.04 Å². The average molecular weight is 426 g/mol. The summed E-state index contributed by atoms with van der Waals surface area (Å²) in [4.78, 5) is 29.2. The standard InChI is InChI=1S/C23H24ClN3O3/c1-15-12-17-13-19(9-10-21(17)30-15)25-23(29)27-11-3-4-20(27)22(28)26(2)14-16-5-7-18(24)8-6-16/h5-10,12-13,20H,3-4,11,14H2,1-2H3,(H,25,29)/t20-/m1/s1. The molecule has 1 fully saturated rings. The number of carbonyl (C=O) groups excluding carboxylic acids is 2. The molecule has 0 radical (unpaired) electrons. The molecule has 3 amide bonds. The lowest BCUT2D eigenvalue weighted by Gasteiger charge is -2.28. The predicted octanol–water partition coefficient (Wildman–Crippen LogP) is 5.05. The van der Waals surface area contributed by atoms with Crippen LogP contribution in [0.25, 0.3) is 11.0 Å². The van der Waals surface area contributed by atoms with Gasteiger partial charge in [0.1, 0.15) is 17.4 Å². The number of nitrogens with zero attached hydrogens (tertiary/aromatic N) is 2. The molecule has 1 atom stereocenters. The molecular formula is C23H24ClN3O3. The first kappa shape index (κ1) is 20.3. The molecule has 0 saturated carbocycles. The van der Waals surface area contributed by atoms with Gasteiger partial charge < -0.3 is 19.5 Å². The summed E-state index contributed by atoms with van der Waals surface area (Å²) in [5, 5.41) is 4.52. The summed E-state index contributed by atoms with van der Waals surface area (Å²) >= 11 is 5.93. The fourth-order valence-electron chi connectivity index (χ4n) is 3.91. The van der Waals surface area contributed by atoms with Gasteiger partial charge >= 0.3 is 6.03 Å². The molecule has 156 valence electrons. The maximum absolute atomic E-state index is 13.0. The summed E-state index contributed by atoms with van der Waals surface area (Å²) in [5.74, 6) is 0.765. The minimum absolute atomic E-state index is 0.0569. The second-order valence-electron chi connectivity index (χ2n) is 7.71. The van der Waals surface area contributed by atoms with Crippen LogP contribution in [0, 0.1) is 6.92 Å². The van der Waals surface area contributed by atoms with Gasteiger partial charge in [-0.1, -0.05) is 23.7 Å². The number of halogens is 1. The number of carbonyl (C=O) groups is 2. The molecule has 7 heteroatoms. The molecule has 1 aliphatic heterocycles. The third kappa shape index (κ3) is 4.28. The van der Waals surface area contributed by atoms with Crippen molar-refractivity contribution in [1.29, 1.82) is 0 Å². The van der Waals surface area contributed by atoms with Gasteiger partial charge in [0, 0.05) is 36.2 Å². The molecular weight excluding hydrogens is 402 g/mol. The Labute approximate surface area is 180 Å². The minimum Gasteiger partial charge on any atom is -0.461 e. The lowest BCUT2D eigenvalue weighted by atomic mass is 10.1. The first-order chi connectivity index (χ1) is 14.4. The van der Waals surface area contributed by atoms with E-state index in [0.717, 1.165) is 28.7 Å². The summed E-state index contributed by atoms with van der Waals surface area (Å²) in [6, 6.07) is 14.2. The van der Waals surface area contributed by atoms with Crippen LogP contribution in [0.15, 0.2) is 52.9 Å². The Morgan fingerprint density at radius 2 is 1.97 bits per heavy atom. The van der Waals surface area contributed by atoms with E-state index in [1.54, 1.807) is 16.8 Å². The SMILES string of the molecule is Cc1cc2cc(NC(=O)N3CCC[C@@H]3C(=O)N(C)Cc3ccc(Cl)cc3)ccc2o1. The van der Waals surface area contributed by atoms with Gasteiger partial charge in [-0.3, -0.25) is 4.79 Å². The number of hydrogen-bond donors (Lipinski definition) is 1. The summed E-state index contributed by atoms with van der Waals surface area (Å²) in [6.07, 6.45) is 1.47. The maximum atomic E-state index is 13.0. The van der Waals surface area contributed by atoms with Gasteiger partial charge in [-0.25, -0.2) is 4.79 Å². The highest BCUT2D eigenvalue weighted by Gasteiger charge is 2.35. The van der Waals surface area contributed by atoms with E-state index in [-0.39, 0.29) is 11.9 Å². The van der Waals surface area contributed by atoms with Crippen molar-refractivity contribution in [3.8, 4) is 0 Å². The van der Waals surface area contributed by atoms with Crippen molar-refractivity contribution in [2.45, 2.75) is 32.4 Å². The number of likely N-dealkylation sites (N-methyl/N-ethyl adjacent to an activating group) is 1. The van der Waals surface area contributed by atoms with E-state index in [1.807, 2.05) is 55.5 Å². The maximum Gasteiger partial charge on any atom is 0.322 e. The van der Waals surface area contributed by atoms with Crippen LogP contribution in [0.2, 0.25) is 5.02 Å². The number of anilines is 1. The van der Waals surface area contributed by atoms with Crippen molar-refractivity contribution in [3.63, 3.8) is 0 Å². The Morgan fingerprint density at radius 3 is 2.73 bits per heavy atom. The van der Waals surface area contributed by atoms with Gasteiger partial charge in [0.05, 0.1) is 0 Å². The van der Waals surface area contributed by atoms with Gasteiger partial charge in [0.2, 0.25) is 5.91 Å². The normalized spacial score (nSPS) is 16.1. The molecule has 1 saturated heterocycles. The fourth-order valence-corrected chi connectivity index (χ4v) is 4.04. The topological polar surface area (TPSA) is 65.8 Å². The molecule has 1 aromatic heterocycles. The zero-order valence-electron chi connectivity index (χ0n) is 17.0. The number of hydrogen-bond acceptors (Lipinski definition) is 3. The second kappa shape index (κ2) is 8.40. The van der Waals surface area contributed by atoms with Crippen LogP contribution < -0.4 is 5.32 Å². The van der Waals surface area contributed by atoms with Gasteiger partial charge in [0.25, 0.3) is 0 Å². The smallest absolute Gasteiger partial charge is 0.322 e. The monoisotopic (exact) mass is 425 g/mol. The lowest BCUT2D eigenvalue weighted by Crippen LogP contribution is -2.47. The Kier molecular flexibility index (Phi) is 5.68. The van der Waals surface area contributed by atoms with E-state index in [4.69, 9.17) is 16.0 Å². The van der Waals surface area contributed by atoms with Crippen LogP contribution in [0.5, 0.6) is 0 Å². The van der Waals surface area contributed by atoms with Crippen molar-refractivity contribution < 1.29 is 14.0 Å². The van der Waals surface area contributed by atoms with Gasteiger partial charge in [-0.2, -0.15) is 0 Å². The quantitative estimate of drug-likeness (QED) is 0.636. The molecule has 0 aliphatic carbocycles. The van der Waals surface area contributed by atoms with Crippen LogP contribution in [0.1, 0.15) is 24.2 Å². The van der Waals surface area contributed by atoms with Crippen LogP contribution in [0.4, 0.5) is 10.5 Å². The number of amides is 3. The van der Waals surface area contributed by atoms with Crippen molar-refractivity contribution in [1.82, 2.24) is 9.80 Å². The Hall–Kier alpha value is -2.99. The van der Waals surface area contributed by atoms with E-state index >= 15 is 0 Å². The molecule has 6 nitrogen and oxygen atoms in total. The van der Waals surface area contributed by atoms with E-state index in [0.29, 0.717) is 30.2 Å². The largest absolute Gasteiger partial charge is 0.461 e. The zero-order valence-corrected chi connectivity index (χ0v) is 17.8. The van der Waals surface area contributed by atoms with Crippen LogP contribution in [-0.4, -0.2) is 41.4 Å². The van der Waals surface area contributed by atoms with Gasteiger partial charge in [0.15, 0.2) is 0 Å². The van der Waals surface area contributed by atoms with Crippen LogP contribution in [-0.2, 0) is 11.3 Å². The summed E-state index contributed by atoms with van der Waals surface area (Å²) in [5.41, 5.74) is 2.46. The Balaban J connectivity index is 1.42. The number of urea groups is 1. The third-order valence-corrected chi connectivity index (χ3v) is 5.65.